The SMILES string of the molecule is CC(C)(N)C1CCNC1.CC(C)(N)C1CNC1.CCCCCN1CCC(C(C)(C)N)C1.CN1CC(C(C)(C)N)C1. The summed E-state index contributed by atoms with van der Waals surface area (Å²) in [5, 5.41) is 6.49. The Bertz CT molecular complexity index is 654. The van der Waals surface area contributed by atoms with E-state index in [1.165, 1.54) is 64.8 Å². The van der Waals surface area contributed by atoms with Gasteiger partial charge in [0, 0.05) is 66.7 Å². The second-order valence-electron chi connectivity index (χ2n) is 15.7. The second kappa shape index (κ2) is 16.5. The van der Waals surface area contributed by atoms with Crippen molar-refractivity contribution in [3.63, 3.8) is 0 Å². The van der Waals surface area contributed by atoms with Crippen LogP contribution in [0.3, 0.4) is 0 Å². The average molecular weight is 569 g/mol. The van der Waals surface area contributed by atoms with Crippen molar-refractivity contribution in [2.45, 2.75) is 117 Å². The largest absolute Gasteiger partial charge is 0.325 e. The Balaban J connectivity index is 0.000000274. The monoisotopic (exact) mass is 569 g/mol. The van der Waals surface area contributed by atoms with E-state index in [9.17, 15) is 0 Å². The molecule has 8 nitrogen and oxygen atoms in total. The Morgan fingerprint density at radius 1 is 0.625 bits per heavy atom. The van der Waals surface area contributed by atoms with Crippen LogP contribution in [0.25, 0.3) is 0 Å². The minimum Gasteiger partial charge on any atom is -0.325 e. The van der Waals surface area contributed by atoms with Gasteiger partial charge >= 0.3 is 0 Å². The molecular weight excluding hydrogens is 496 g/mol. The Hall–Kier alpha value is -0.320. The quantitative estimate of drug-likeness (QED) is 0.246. The summed E-state index contributed by atoms with van der Waals surface area (Å²) in [6, 6.07) is 0. The van der Waals surface area contributed by atoms with Gasteiger partial charge in [0.25, 0.3) is 0 Å². The smallest absolute Gasteiger partial charge is 0.0150 e. The van der Waals surface area contributed by atoms with Crippen molar-refractivity contribution in [2.75, 3.05) is 66.0 Å². The topological polar surface area (TPSA) is 135 Å². The Morgan fingerprint density at radius 3 is 1.38 bits per heavy atom. The molecule has 0 saturated carbocycles. The van der Waals surface area contributed by atoms with Crippen LogP contribution in [0.15, 0.2) is 0 Å². The lowest BCUT2D eigenvalue weighted by Crippen LogP contribution is -2.57. The maximum Gasteiger partial charge on any atom is 0.0150 e. The molecule has 0 spiro atoms. The van der Waals surface area contributed by atoms with Crippen molar-refractivity contribution in [3.8, 4) is 0 Å². The van der Waals surface area contributed by atoms with Gasteiger partial charge in [0.15, 0.2) is 0 Å². The first kappa shape index (κ1) is 37.7. The minimum atomic E-state index is 0.0134. The molecule has 40 heavy (non-hydrogen) atoms. The van der Waals surface area contributed by atoms with E-state index in [1.54, 1.807) is 0 Å². The van der Waals surface area contributed by atoms with E-state index in [-0.39, 0.29) is 22.2 Å². The van der Waals surface area contributed by atoms with Crippen LogP contribution in [0.1, 0.15) is 94.4 Å². The molecule has 4 aliphatic heterocycles. The molecule has 0 amide bonds. The molecule has 4 rings (SSSR count). The Labute approximate surface area is 249 Å². The molecule has 2 atom stereocenters. The summed E-state index contributed by atoms with van der Waals surface area (Å²) in [6.45, 7) is 29.7. The summed E-state index contributed by atoms with van der Waals surface area (Å²) >= 11 is 0. The van der Waals surface area contributed by atoms with Gasteiger partial charge < -0.3 is 43.4 Å². The highest BCUT2D eigenvalue weighted by Crippen LogP contribution is 2.25. The van der Waals surface area contributed by atoms with Crippen molar-refractivity contribution in [3.05, 3.63) is 0 Å². The summed E-state index contributed by atoms with van der Waals surface area (Å²) in [7, 11) is 2.13. The first-order chi connectivity index (χ1) is 18.2. The maximum absolute atomic E-state index is 6.13. The molecule has 4 heterocycles. The predicted molar refractivity (Wildman–Crippen MR) is 175 cm³/mol. The van der Waals surface area contributed by atoms with E-state index < -0.39 is 0 Å². The molecule has 0 aromatic rings. The van der Waals surface area contributed by atoms with E-state index in [0.29, 0.717) is 23.7 Å². The molecule has 8 heteroatoms. The van der Waals surface area contributed by atoms with Crippen LogP contribution in [0.4, 0.5) is 0 Å². The molecule has 0 aromatic carbocycles. The fraction of sp³-hybridized carbons (Fsp3) is 1.00. The van der Waals surface area contributed by atoms with Crippen LogP contribution in [0.2, 0.25) is 0 Å². The van der Waals surface area contributed by atoms with E-state index >= 15 is 0 Å². The average Bonchev–Trinajstić information content (AvgIpc) is 3.42. The van der Waals surface area contributed by atoms with Gasteiger partial charge in [0.1, 0.15) is 0 Å². The lowest BCUT2D eigenvalue weighted by Gasteiger charge is -2.44. The van der Waals surface area contributed by atoms with Gasteiger partial charge in [-0.05, 0) is 120 Å². The predicted octanol–water partition coefficient (Wildman–Crippen LogP) is 2.80. The number of nitrogens with two attached hydrogens (primary N) is 4. The normalized spacial score (nSPS) is 25.1. The molecule has 4 aliphatic rings. The molecule has 10 N–H and O–H groups in total. The standard InChI is InChI=1S/C12H26N2.2C7H16N2.C6H14N2/c1-4-5-6-8-14-9-7-11(10-14)12(2,3)13;1-7(2,8)6-4-9(3)5-6;1-7(2,8)6-3-4-9-5-6;1-6(2,7)5-3-8-4-5/h11H,4-10,13H2,1-3H3;6H,4-5,8H2,1-3H3;6,9H,3-5,8H2,1-2H3;5,8H,3-4,7H2,1-2H3. The Kier molecular flexibility index (Phi) is 15.6. The minimum absolute atomic E-state index is 0.0134. The summed E-state index contributed by atoms with van der Waals surface area (Å²) in [5.74, 6) is 2.78. The molecular formula is C32H72N8. The first-order valence-electron chi connectivity index (χ1n) is 16.2. The first-order valence-corrected chi connectivity index (χ1v) is 16.2. The Morgan fingerprint density at radius 2 is 1.12 bits per heavy atom. The van der Waals surface area contributed by atoms with Gasteiger partial charge in [-0.3, -0.25) is 0 Å². The van der Waals surface area contributed by atoms with Crippen LogP contribution in [-0.4, -0.2) is 97.9 Å². The van der Waals surface area contributed by atoms with Crippen LogP contribution in [-0.2, 0) is 0 Å². The van der Waals surface area contributed by atoms with Crippen LogP contribution in [0.5, 0.6) is 0 Å². The zero-order valence-electron chi connectivity index (χ0n) is 28.4. The molecule has 0 aromatic heterocycles. The van der Waals surface area contributed by atoms with Crippen LogP contribution >= 0.6 is 0 Å². The molecule has 0 radical (unpaired) electrons. The van der Waals surface area contributed by atoms with Crippen LogP contribution in [0, 0.1) is 23.7 Å². The van der Waals surface area contributed by atoms with Gasteiger partial charge in [-0.25, -0.2) is 0 Å². The zero-order valence-corrected chi connectivity index (χ0v) is 28.4. The van der Waals surface area contributed by atoms with Crippen LogP contribution < -0.4 is 33.6 Å². The van der Waals surface area contributed by atoms with Gasteiger partial charge in [0.2, 0.25) is 0 Å². The van der Waals surface area contributed by atoms with Gasteiger partial charge in [0.05, 0.1) is 0 Å². The molecule has 2 unspecified atom stereocenters. The third-order valence-electron chi connectivity index (χ3n) is 9.46. The zero-order chi connectivity index (χ0) is 30.8. The number of likely N-dealkylation sites (tertiary alicyclic amines) is 2. The molecule has 4 saturated heterocycles. The fourth-order valence-electron chi connectivity index (χ4n) is 5.50. The number of hydrogen-bond donors (Lipinski definition) is 6. The summed E-state index contributed by atoms with van der Waals surface area (Å²) in [4.78, 5) is 4.87. The molecule has 240 valence electrons. The molecule has 4 fully saturated rings. The van der Waals surface area contributed by atoms with Crippen molar-refractivity contribution >= 4 is 0 Å². The number of unbranched alkanes of at least 4 members (excludes halogenated alkanes) is 2. The van der Waals surface area contributed by atoms with Gasteiger partial charge in [-0.1, -0.05) is 19.8 Å². The third-order valence-corrected chi connectivity index (χ3v) is 9.46. The molecule has 0 aliphatic carbocycles. The van der Waals surface area contributed by atoms with Crippen molar-refractivity contribution in [1.82, 2.24) is 20.4 Å². The fourth-order valence-corrected chi connectivity index (χ4v) is 5.50. The van der Waals surface area contributed by atoms with Gasteiger partial charge in [-0.2, -0.15) is 0 Å². The van der Waals surface area contributed by atoms with Crippen molar-refractivity contribution in [1.29, 1.82) is 0 Å². The summed E-state index contributed by atoms with van der Waals surface area (Å²) in [5.41, 5.74) is 23.8. The lowest BCUT2D eigenvalue weighted by molar-refractivity contribution is 0.0801. The van der Waals surface area contributed by atoms with E-state index in [0.717, 1.165) is 26.2 Å². The number of rotatable bonds is 8. The van der Waals surface area contributed by atoms with E-state index in [1.807, 2.05) is 0 Å². The summed E-state index contributed by atoms with van der Waals surface area (Å²) < 4.78 is 0. The van der Waals surface area contributed by atoms with E-state index in [2.05, 4.69) is 89.8 Å². The van der Waals surface area contributed by atoms with Crippen molar-refractivity contribution in [2.24, 2.45) is 46.6 Å². The van der Waals surface area contributed by atoms with Gasteiger partial charge in [-0.15, -0.1) is 0 Å². The highest BCUT2D eigenvalue weighted by Gasteiger charge is 2.34. The lowest BCUT2D eigenvalue weighted by atomic mass is 9.83. The number of nitrogens with one attached hydrogen (secondary N) is 2. The highest BCUT2D eigenvalue weighted by atomic mass is 15.2. The highest BCUT2D eigenvalue weighted by molar-refractivity contribution is 4.92. The maximum atomic E-state index is 6.13. The van der Waals surface area contributed by atoms with E-state index in [4.69, 9.17) is 22.9 Å². The second-order valence-corrected chi connectivity index (χ2v) is 15.7. The summed E-state index contributed by atoms with van der Waals surface area (Å²) in [6.07, 6.45) is 6.57. The molecule has 0 bridgehead atoms. The van der Waals surface area contributed by atoms with Crippen molar-refractivity contribution < 1.29 is 0 Å². The third kappa shape index (κ3) is 14.7. The number of hydrogen-bond acceptors (Lipinski definition) is 8. The number of nitrogens with zero attached hydrogens (tertiary/aromatic N) is 2.